The molecule has 0 aliphatic rings. The Morgan fingerprint density at radius 2 is 1.36 bits per heavy atom. The fraction of sp³-hybridized carbons (Fsp3) is 0.192. The first-order chi connectivity index (χ1) is 16.7. The molecule has 1 heterocycles. The van der Waals surface area contributed by atoms with Gasteiger partial charge in [-0.3, -0.25) is 4.57 Å². The molecule has 0 radical (unpaired) electrons. The van der Waals surface area contributed by atoms with E-state index < -0.39 is 34.1 Å². The first-order valence-electron chi connectivity index (χ1n) is 10.6. The highest BCUT2D eigenvalue weighted by atomic mass is 35.5. The van der Waals surface area contributed by atoms with Crippen LogP contribution in [0.4, 0.5) is 26.3 Å². The number of aromatic nitrogens is 2. The third-order valence-corrected chi connectivity index (χ3v) is 5.89. The van der Waals surface area contributed by atoms with E-state index in [1.807, 2.05) is 0 Å². The number of aliphatic hydroxyl groups is 1. The monoisotopic (exact) mass is 524 g/mol. The van der Waals surface area contributed by atoms with Crippen LogP contribution in [-0.2, 0) is 18.0 Å². The third-order valence-electron chi connectivity index (χ3n) is 5.56. The molecule has 36 heavy (non-hydrogen) atoms. The van der Waals surface area contributed by atoms with Gasteiger partial charge >= 0.3 is 12.4 Å². The van der Waals surface area contributed by atoms with Gasteiger partial charge < -0.3 is 5.11 Å². The highest BCUT2D eigenvalue weighted by Gasteiger charge is 2.35. The zero-order chi connectivity index (χ0) is 26.5. The first-order valence-corrected chi connectivity index (χ1v) is 11.0. The summed E-state index contributed by atoms with van der Waals surface area (Å²) in [4.78, 5) is 4.30. The van der Waals surface area contributed by atoms with Crippen LogP contribution in [0.1, 0.15) is 30.7 Å². The molecule has 4 aromatic rings. The van der Waals surface area contributed by atoms with Gasteiger partial charge in [0.05, 0.1) is 21.8 Å². The van der Waals surface area contributed by atoms with Crippen LogP contribution in [-0.4, -0.2) is 14.7 Å². The van der Waals surface area contributed by atoms with Crippen LogP contribution in [0.3, 0.4) is 0 Å². The molecule has 0 saturated heterocycles. The quantitative estimate of drug-likeness (QED) is 0.274. The van der Waals surface area contributed by atoms with E-state index in [4.69, 9.17) is 11.6 Å². The molecule has 0 atom stereocenters. The van der Waals surface area contributed by atoms with Gasteiger partial charge in [-0.05, 0) is 55.3 Å². The third kappa shape index (κ3) is 5.12. The molecule has 0 amide bonds. The maximum absolute atomic E-state index is 13.7. The lowest BCUT2D eigenvalue weighted by molar-refractivity contribution is -0.138. The van der Waals surface area contributed by atoms with Crippen molar-refractivity contribution in [3.8, 4) is 28.2 Å². The normalized spacial score (nSPS) is 12.7. The van der Waals surface area contributed by atoms with Crippen molar-refractivity contribution in [2.75, 3.05) is 0 Å². The van der Waals surface area contributed by atoms with Crippen molar-refractivity contribution in [2.45, 2.75) is 31.8 Å². The molecule has 1 aromatic heterocycles. The van der Waals surface area contributed by atoms with Crippen molar-refractivity contribution in [1.29, 1.82) is 0 Å². The van der Waals surface area contributed by atoms with Gasteiger partial charge in [-0.2, -0.15) is 26.3 Å². The van der Waals surface area contributed by atoms with E-state index in [9.17, 15) is 31.4 Å². The van der Waals surface area contributed by atoms with Gasteiger partial charge in [0, 0.05) is 17.4 Å². The Kier molecular flexibility index (Phi) is 6.43. The van der Waals surface area contributed by atoms with Gasteiger partial charge in [0.1, 0.15) is 11.4 Å². The number of hydrogen-bond acceptors (Lipinski definition) is 2. The van der Waals surface area contributed by atoms with Crippen LogP contribution < -0.4 is 0 Å². The van der Waals surface area contributed by atoms with Gasteiger partial charge in [0.15, 0.2) is 0 Å². The second kappa shape index (κ2) is 8.97. The molecule has 0 aliphatic heterocycles. The molecule has 3 nitrogen and oxygen atoms in total. The van der Waals surface area contributed by atoms with E-state index in [1.54, 1.807) is 24.3 Å². The lowest BCUT2D eigenvalue weighted by atomic mass is 10.0. The maximum Gasteiger partial charge on any atom is 0.417 e. The molecule has 0 unspecified atom stereocenters. The molecular formula is C26H19ClF6N2O. The molecule has 0 fully saturated rings. The van der Waals surface area contributed by atoms with Crippen LogP contribution in [0.5, 0.6) is 0 Å². The van der Waals surface area contributed by atoms with Crippen molar-refractivity contribution < 1.29 is 31.4 Å². The molecule has 0 aliphatic carbocycles. The summed E-state index contributed by atoms with van der Waals surface area (Å²) in [6.45, 7) is 2.92. The van der Waals surface area contributed by atoms with E-state index in [1.165, 1.54) is 48.9 Å². The standard InChI is InChI=1S/C26H19ClF6N2O/c1-24(2,36)22-14-35(23(34-22)18-5-3-4-6-19(18)25(28,29)30)17-10-7-15(8-11-17)16-9-12-21(27)20(13-16)26(31,32)33/h3-14,36H,1-2H3. The summed E-state index contributed by atoms with van der Waals surface area (Å²) >= 11 is 5.70. The lowest BCUT2D eigenvalue weighted by Gasteiger charge is -2.15. The highest BCUT2D eigenvalue weighted by molar-refractivity contribution is 6.31. The molecule has 0 saturated carbocycles. The van der Waals surface area contributed by atoms with Crippen LogP contribution in [0, 0.1) is 0 Å². The smallest absolute Gasteiger partial charge is 0.384 e. The Balaban J connectivity index is 1.83. The average molecular weight is 525 g/mol. The minimum Gasteiger partial charge on any atom is -0.384 e. The van der Waals surface area contributed by atoms with Crippen LogP contribution in [0.15, 0.2) is 72.9 Å². The number of alkyl halides is 6. The number of hydrogen-bond donors (Lipinski definition) is 1. The van der Waals surface area contributed by atoms with Gasteiger partial charge in [0.2, 0.25) is 0 Å². The predicted molar refractivity (Wildman–Crippen MR) is 125 cm³/mol. The van der Waals surface area contributed by atoms with Crippen molar-refractivity contribution in [2.24, 2.45) is 0 Å². The first kappa shape index (κ1) is 25.8. The summed E-state index contributed by atoms with van der Waals surface area (Å²) < 4.78 is 82.3. The molecule has 4 rings (SSSR count). The number of rotatable bonds is 4. The molecule has 10 heteroatoms. The molecule has 188 valence electrons. The van der Waals surface area contributed by atoms with Crippen LogP contribution >= 0.6 is 11.6 Å². The largest absolute Gasteiger partial charge is 0.417 e. The van der Waals surface area contributed by atoms with Crippen LogP contribution in [0.25, 0.3) is 28.2 Å². The Morgan fingerprint density at radius 1 is 0.778 bits per heavy atom. The van der Waals surface area contributed by atoms with E-state index in [0.717, 1.165) is 18.2 Å². The van der Waals surface area contributed by atoms with Crippen molar-refractivity contribution in [3.63, 3.8) is 0 Å². The zero-order valence-corrected chi connectivity index (χ0v) is 19.7. The summed E-state index contributed by atoms with van der Waals surface area (Å²) in [5, 5.41) is 10.0. The molecule has 0 spiro atoms. The number of halogens is 7. The summed E-state index contributed by atoms with van der Waals surface area (Å²) in [5.41, 5.74) is -2.23. The minimum absolute atomic E-state index is 0.0429. The summed E-state index contributed by atoms with van der Waals surface area (Å²) in [6.07, 6.45) is -7.84. The zero-order valence-electron chi connectivity index (χ0n) is 18.9. The van der Waals surface area contributed by atoms with Gasteiger partial charge in [-0.25, -0.2) is 4.98 Å². The van der Waals surface area contributed by atoms with E-state index >= 15 is 0 Å². The highest BCUT2D eigenvalue weighted by Crippen LogP contribution is 2.39. The van der Waals surface area contributed by atoms with Gasteiger partial charge in [0.25, 0.3) is 0 Å². The van der Waals surface area contributed by atoms with E-state index in [2.05, 4.69) is 4.98 Å². The summed E-state index contributed by atoms with van der Waals surface area (Å²) in [7, 11) is 0. The predicted octanol–water partition coefficient (Wildman–Crippen LogP) is 8.12. The SMILES string of the molecule is CC(C)(O)c1cn(-c2ccc(-c3ccc(Cl)c(C(F)(F)F)c3)cc2)c(-c2ccccc2C(F)(F)F)n1. The number of nitrogens with zero attached hydrogens (tertiary/aromatic N) is 2. The summed E-state index contributed by atoms with van der Waals surface area (Å²) in [6, 6.07) is 14.7. The second-order valence-electron chi connectivity index (χ2n) is 8.66. The molecule has 1 N–H and O–H groups in total. The Labute approximate surface area is 207 Å². The molecular weight excluding hydrogens is 506 g/mol. The fourth-order valence-corrected chi connectivity index (χ4v) is 3.95. The number of benzene rings is 3. The van der Waals surface area contributed by atoms with Crippen LogP contribution in [0.2, 0.25) is 5.02 Å². The average Bonchev–Trinajstić information content (AvgIpc) is 3.24. The maximum atomic E-state index is 13.7. The lowest BCUT2D eigenvalue weighted by Crippen LogP contribution is -2.15. The Hall–Kier alpha value is -3.30. The second-order valence-corrected chi connectivity index (χ2v) is 9.07. The molecule has 3 aromatic carbocycles. The summed E-state index contributed by atoms with van der Waals surface area (Å²) in [5.74, 6) is -0.0429. The topological polar surface area (TPSA) is 38.0 Å². The van der Waals surface area contributed by atoms with E-state index in [0.29, 0.717) is 11.3 Å². The molecule has 0 bridgehead atoms. The van der Waals surface area contributed by atoms with Crippen molar-refractivity contribution in [3.05, 3.63) is 94.8 Å². The van der Waals surface area contributed by atoms with Crippen molar-refractivity contribution >= 4 is 11.6 Å². The minimum atomic E-state index is -4.64. The fourth-order valence-electron chi connectivity index (χ4n) is 3.72. The van der Waals surface area contributed by atoms with Gasteiger partial charge in [-0.1, -0.05) is 48.0 Å². The van der Waals surface area contributed by atoms with Gasteiger partial charge in [-0.15, -0.1) is 0 Å². The van der Waals surface area contributed by atoms with E-state index in [-0.39, 0.29) is 22.6 Å². The Morgan fingerprint density at radius 3 is 1.94 bits per heavy atom. The number of imidazole rings is 1. The Bertz CT molecular complexity index is 1400. The van der Waals surface area contributed by atoms with Crippen molar-refractivity contribution in [1.82, 2.24) is 9.55 Å².